The van der Waals surface area contributed by atoms with E-state index in [9.17, 15) is 9.59 Å². The number of halogens is 1. The number of nitrogens with zero attached hydrogens (tertiary/aromatic N) is 1. The minimum Gasteiger partial charge on any atom is -0.356 e. The molecule has 0 bridgehead atoms. The first-order valence-corrected chi connectivity index (χ1v) is 9.23. The molecule has 2 aromatic rings. The number of aromatic nitrogens is 1. The predicted molar refractivity (Wildman–Crippen MR) is 103 cm³/mol. The third-order valence-electron chi connectivity index (χ3n) is 3.95. The lowest BCUT2D eigenvalue weighted by Gasteiger charge is -2.10. The molecule has 0 unspecified atom stereocenters. The van der Waals surface area contributed by atoms with Gasteiger partial charge < -0.3 is 15.2 Å². The molecule has 5 nitrogen and oxygen atoms in total. The molecular weight excluding hydrogens is 382 g/mol. The largest absolute Gasteiger partial charge is 0.356 e. The lowest BCUT2D eigenvalue weighted by atomic mass is 10.2. The van der Waals surface area contributed by atoms with E-state index in [1.54, 1.807) is 0 Å². The first-order chi connectivity index (χ1) is 11.9. The van der Waals surface area contributed by atoms with Gasteiger partial charge >= 0.3 is 0 Å². The summed E-state index contributed by atoms with van der Waals surface area (Å²) in [5.41, 5.74) is 3.50. The van der Waals surface area contributed by atoms with Gasteiger partial charge in [-0.05, 0) is 44.5 Å². The molecule has 1 aromatic carbocycles. The van der Waals surface area contributed by atoms with Gasteiger partial charge in [-0.25, -0.2) is 0 Å². The second-order valence-electron chi connectivity index (χ2n) is 5.96. The average Bonchev–Trinajstić information content (AvgIpc) is 2.87. The highest BCUT2D eigenvalue weighted by Crippen LogP contribution is 2.23. The van der Waals surface area contributed by atoms with Crippen LogP contribution in [0, 0.1) is 13.8 Å². The highest BCUT2D eigenvalue weighted by Gasteiger charge is 2.16. The van der Waals surface area contributed by atoms with Crippen LogP contribution in [-0.4, -0.2) is 29.5 Å². The van der Waals surface area contributed by atoms with Crippen molar-refractivity contribution in [2.24, 2.45) is 0 Å². The second-order valence-corrected chi connectivity index (χ2v) is 6.87. The summed E-state index contributed by atoms with van der Waals surface area (Å²) in [6.07, 6.45) is 1.19. The van der Waals surface area contributed by atoms with Gasteiger partial charge in [-0.2, -0.15) is 0 Å². The van der Waals surface area contributed by atoms with Gasteiger partial charge in [0.2, 0.25) is 5.91 Å². The Morgan fingerprint density at radius 3 is 2.56 bits per heavy atom. The van der Waals surface area contributed by atoms with Crippen molar-refractivity contribution in [2.45, 2.75) is 33.6 Å². The summed E-state index contributed by atoms with van der Waals surface area (Å²) >= 11 is 3.48. The van der Waals surface area contributed by atoms with Crippen molar-refractivity contribution in [1.82, 2.24) is 15.2 Å². The van der Waals surface area contributed by atoms with Crippen LogP contribution < -0.4 is 10.6 Å². The Kier molecular flexibility index (Phi) is 6.82. The number of carbonyl (C=O) groups excluding carboxylic acids is 2. The van der Waals surface area contributed by atoms with Gasteiger partial charge in [0.15, 0.2) is 0 Å². The van der Waals surface area contributed by atoms with E-state index in [-0.39, 0.29) is 18.2 Å². The molecule has 2 rings (SSSR count). The fourth-order valence-corrected chi connectivity index (χ4v) is 3.13. The number of aryl methyl sites for hydroxylation is 1. The molecule has 0 spiro atoms. The monoisotopic (exact) mass is 405 g/mol. The van der Waals surface area contributed by atoms with Crippen LogP contribution >= 0.6 is 15.9 Å². The fourth-order valence-electron chi connectivity index (χ4n) is 2.74. The Hall–Kier alpha value is -2.08. The van der Waals surface area contributed by atoms with Gasteiger partial charge in [-0.15, -0.1) is 0 Å². The van der Waals surface area contributed by atoms with Crippen LogP contribution in [0.2, 0.25) is 0 Å². The van der Waals surface area contributed by atoms with Crippen LogP contribution in [0.1, 0.15) is 41.5 Å². The van der Waals surface area contributed by atoms with Crippen LogP contribution in [0.3, 0.4) is 0 Å². The van der Waals surface area contributed by atoms with Gasteiger partial charge in [0.1, 0.15) is 0 Å². The molecule has 0 saturated heterocycles. The third kappa shape index (κ3) is 4.95. The molecule has 0 atom stereocenters. The zero-order valence-corrected chi connectivity index (χ0v) is 16.4. The van der Waals surface area contributed by atoms with Gasteiger partial charge in [0.25, 0.3) is 5.91 Å². The van der Waals surface area contributed by atoms with E-state index in [0.29, 0.717) is 18.7 Å². The van der Waals surface area contributed by atoms with Crippen molar-refractivity contribution < 1.29 is 9.59 Å². The summed E-state index contributed by atoms with van der Waals surface area (Å²) in [7, 11) is 0. The summed E-state index contributed by atoms with van der Waals surface area (Å²) in [6, 6.07) is 9.83. The van der Waals surface area contributed by atoms with Crippen LogP contribution in [0.4, 0.5) is 0 Å². The van der Waals surface area contributed by atoms with Gasteiger partial charge in [-0.1, -0.05) is 28.9 Å². The Labute approximate surface area is 156 Å². The van der Waals surface area contributed by atoms with E-state index >= 15 is 0 Å². The van der Waals surface area contributed by atoms with Crippen LogP contribution in [-0.2, 0) is 4.79 Å². The summed E-state index contributed by atoms with van der Waals surface area (Å²) in [6.45, 7) is 6.90. The van der Waals surface area contributed by atoms with E-state index in [4.69, 9.17) is 0 Å². The van der Waals surface area contributed by atoms with Crippen molar-refractivity contribution in [2.75, 3.05) is 13.1 Å². The number of amides is 2. The van der Waals surface area contributed by atoms with Crippen molar-refractivity contribution in [1.29, 1.82) is 0 Å². The van der Waals surface area contributed by atoms with Gasteiger partial charge in [0, 0.05) is 41.1 Å². The van der Waals surface area contributed by atoms with Crippen molar-refractivity contribution in [3.63, 3.8) is 0 Å². The second kappa shape index (κ2) is 8.85. The molecule has 2 amide bonds. The van der Waals surface area contributed by atoms with E-state index in [0.717, 1.165) is 28.0 Å². The fraction of sp³-hybridized carbons (Fsp3) is 0.368. The summed E-state index contributed by atoms with van der Waals surface area (Å²) in [5.74, 6) is -0.195. The molecule has 1 heterocycles. The van der Waals surface area contributed by atoms with Crippen LogP contribution in [0.25, 0.3) is 5.69 Å². The molecule has 0 fully saturated rings. The maximum Gasteiger partial charge on any atom is 0.253 e. The topological polar surface area (TPSA) is 63.1 Å². The minimum absolute atomic E-state index is 0.0400. The molecule has 0 radical (unpaired) electrons. The first-order valence-electron chi connectivity index (χ1n) is 8.43. The Morgan fingerprint density at radius 1 is 1.12 bits per heavy atom. The molecule has 6 heteroatoms. The van der Waals surface area contributed by atoms with E-state index in [2.05, 4.69) is 26.6 Å². The summed E-state index contributed by atoms with van der Waals surface area (Å²) in [5, 5.41) is 5.63. The first kappa shape index (κ1) is 19.2. The molecule has 2 N–H and O–H groups in total. The highest BCUT2D eigenvalue weighted by molar-refractivity contribution is 9.10. The maximum absolute atomic E-state index is 12.5. The third-order valence-corrected chi connectivity index (χ3v) is 4.45. The molecule has 1 aromatic heterocycles. The smallest absolute Gasteiger partial charge is 0.253 e. The number of carbonyl (C=O) groups is 2. The molecule has 0 aliphatic heterocycles. The van der Waals surface area contributed by atoms with E-state index in [1.165, 1.54) is 0 Å². The number of rotatable bonds is 7. The molecule has 134 valence electrons. The lowest BCUT2D eigenvalue weighted by molar-refractivity contribution is -0.120. The molecule has 0 aliphatic rings. The molecule has 0 aliphatic carbocycles. The molecular formula is C19H24BrN3O2. The molecule has 25 heavy (non-hydrogen) atoms. The highest BCUT2D eigenvalue weighted by atomic mass is 79.9. The number of hydrogen-bond acceptors (Lipinski definition) is 2. The number of hydrogen-bond donors (Lipinski definition) is 2. The Morgan fingerprint density at radius 2 is 1.88 bits per heavy atom. The summed E-state index contributed by atoms with van der Waals surface area (Å²) in [4.78, 5) is 24.1. The lowest BCUT2D eigenvalue weighted by Crippen LogP contribution is -2.31. The van der Waals surface area contributed by atoms with Crippen molar-refractivity contribution in [3.8, 4) is 5.69 Å². The average molecular weight is 406 g/mol. The molecule has 0 saturated carbocycles. The zero-order valence-electron chi connectivity index (χ0n) is 14.9. The Balaban J connectivity index is 2.06. The SMILES string of the molecule is CCCNC(=O)CCNC(=O)c1cc(C)n(-c2cccc(Br)c2)c1C. The standard InChI is InChI=1S/C19H24BrN3O2/c1-4-9-21-18(24)8-10-22-19(25)17-11-13(2)23(14(17)3)16-7-5-6-15(20)12-16/h5-7,11-12H,4,8-10H2,1-3H3,(H,21,24)(H,22,25). The number of benzene rings is 1. The van der Waals surface area contributed by atoms with E-state index in [1.807, 2.05) is 55.7 Å². The van der Waals surface area contributed by atoms with Crippen molar-refractivity contribution in [3.05, 3.63) is 51.8 Å². The van der Waals surface area contributed by atoms with Gasteiger partial charge in [0.05, 0.1) is 5.56 Å². The quantitative estimate of drug-likeness (QED) is 0.740. The van der Waals surface area contributed by atoms with E-state index < -0.39 is 0 Å². The van der Waals surface area contributed by atoms with Crippen LogP contribution in [0.5, 0.6) is 0 Å². The van der Waals surface area contributed by atoms with Crippen molar-refractivity contribution >= 4 is 27.7 Å². The number of nitrogens with one attached hydrogen (secondary N) is 2. The maximum atomic E-state index is 12.5. The summed E-state index contributed by atoms with van der Waals surface area (Å²) < 4.78 is 3.04. The normalized spacial score (nSPS) is 10.6. The zero-order chi connectivity index (χ0) is 18.4. The minimum atomic E-state index is -0.155. The Bertz CT molecular complexity index is 768. The van der Waals surface area contributed by atoms with Crippen LogP contribution in [0.15, 0.2) is 34.8 Å². The van der Waals surface area contributed by atoms with Gasteiger partial charge in [-0.3, -0.25) is 9.59 Å². The predicted octanol–water partition coefficient (Wildman–Crippen LogP) is 3.50.